The summed E-state index contributed by atoms with van der Waals surface area (Å²) in [6.07, 6.45) is 1.65. The van der Waals surface area contributed by atoms with Crippen LogP contribution < -0.4 is 15.9 Å². The zero-order valence-electron chi connectivity index (χ0n) is 21.7. The van der Waals surface area contributed by atoms with Crippen molar-refractivity contribution in [3.8, 4) is 0 Å². The molecule has 0 N–H and O–H groups in total. The Bertz CT molecular complexity index is 1060. The molecule has 0 aliphatic rings. The van der Waals surface area contributed by atoms with Gasteiger partial charge in [0, 0.05) is 6.42 Å². The normalized spacial score (nSPS) is 12.8. The average Bonchev–Trinajstić information content (AvgIpc) is 2.89. The van der Waals surface area contributed by atoms with E-state index in [4.69, 9.17) is 9.47 Å². The molecule has 0 aliphatic heterocycles. The van der Waals surface area contributed by atoms with Crippen molar-refractivity contribution < 1.29 is 19.1 Å². The molecule has 0 spiro atoms. The molecule has 2 unspecified atom stereocenters. The Morgan fingerprint density at radius 1 is 0.806 bits per heavy atom. The predicted octanol–water partition coefficient (Wildman–Crippen LogP) is 6.00. The Morgan fingerprint density at radius 2 is 1.36 bits per heavy atom. The van der Waals surface area contributed by atoms with Crippen LogP contribution in [0.5, 0.6) is 0 Å². The Morgan fingerprint density at radius 3 is 1.92 bits per heavy atom. The van der Waals surface area contributed by atoms with Crippen molar-refractivity contribution in [2.75, 3.05) is 6.61 Å². The van der Waals surface area contributed by atoms with Crippen molar-refractivity contribution in [3.05, 3.63) is 90.5 Å². The van der Waals surface area contributed by atoms with Crippen molar-refractivity contribution in [2.45, 2.75) is 53.1 Å². The highest BCUT2D eigenvalue weighted by Crippen LogP contribution is 2.34. The summed E-state index contributed by atoms with van der Waals surface area (Å²) < 4.78 is 11.2. The van der Waals surface area contributed by atoms with Gasteiger partial charge in [-0.2, -0.15) is 0 Å². The van der Waals surface area contributed by atoms with E-state index in [-0.39, 0.29) is 29.9 Å². The third-order valence-corrected chi connectivity index (χ3v) is 8.70. The van der Waals surface area contributed by atoms with Gasteiger partial charge in [0.2, 0.25) is 0 Å². The second-order valence-electron chi connectivity index (χ2n) is 9.31. The fourth-order valence-corrected chi connectivity index (χ4v) is 6.92. The Kier molecular flexibility index (Phi) is 10.7. The number of ether oxygens (including phenoxy) is 2. The smallest absolute Gasteiger partial charge is 0.339 e. The molecular weight excluding hydrogens is 467 g/mol. The summed E-state index contributed by atoms with van der Waals surface area (Å²) in [5, 5.41) is 3.37. The van der Waals surface area contributed by atoms with Crippen LogP contribution in [0.25, 0.3) is 0 Å². The van der Waals surface area contributed by atoms with Gasteiger partial charge in [0.1, 0.15) is 6.10 Å². The van der Waals surface area contributed by atoms with Gasteiger partial charge in [-0.15, -0.1) is 0 Å². The monoisotopic (exact) mass is 504 g/mol. The van der Waals surface area contributed by atoms with Crippen LogP contribution in [-0.4, -0.2) is 24.6 Å². The lowest BCUT2D eigenvalue weighted by atomic mass is 9.90. The van der Waals surface area contributed by atoms with Gasteiger partial charge in [0.25, 0.3) is 0 Å². The second kappa shape index (κ2) is 13.9. The molecular formula is C31H37O4P. The van der Waals surface area contributed by atoms with Crippen LogP contribution in [0, 0.1) is 11.8 Å². The third kappa shape index (κ3) is 7.51. The Labute approximate surface area is 216 Å². The molecule has 3 aromatic rings. The molecule has 0 saturated carbocycles. The number of hydrogen-bond acceptors (Lipinski definition) is 4. The van der Waals surface area contributed by atoms with E-state index in [0.29, 0.717) is 25.0 Å². The largest absolute Gasteiger partial charge is 0.466 e. The molecule has 2 atom stereocenters. The van der Waals surface area contributed by atoms with Crippen molar-refractivity contribution in [1.82, 2.24) is 0 Å². The summed E-state index contributed by atoms with van der Waals surface area (Å²) in [7, 11) is -0.928. The second-order valence-corrected chi connectivity index (χ2v) is 11.5. The molecule has 0 aliphatic carbocycles. The number of carbonyl (C=O) groups excluding carboxylic acids is 2. The van der Waals surface area contributed by atoms with Crippen LogP contribution in [0.15, 0.2) is 84.9 Å². The molecule has 0 amide bonds. The van der Waals surface area contributed by atoms with Crippen LogP contribution in [0.2, 0.25) is 0 Å². The van der Waals surface area contributed by atoms with Gasteiger partial charge < -0.3 is 9.47 Å². The minimum absolute atomic E-state index is 0.125. The van der Waals surface area contributed by atoms with Gasteiger partial charge in [-0.3, -0.25) is 4.79 Å². The van der Waals surface area contributed by atoms with Crippen molar-refractivity contribution in [2.24, 2.45) is 11.8 Å². The number of rotatable bonds is 12. The molecule has 0 saturated heterocycles. The van der Waals surface area contributed by atoms with Crippen molar-refractivity contribution in [3.63, 3.8) is 0 Å². The van der Waals surface area contributed by atoms with E-state index in [1.807, 2.05) is 61.5 Å². The first kappa shape index (κ1) is 27.6. The van der Waals surface area contributed by atoms with E-state index in [2.05, 4.69) is 51.1 Å². The van der Waals surface area contributed by atoms with Gasteiger partial charge >= 0.3 is 11.9 Å². The number of benzene rings is 3. The lowest BCUT2D eigenvalue weighted by Gasteiger charge is -2.28. The topological polar surface area (TPSA) is 52.6 Å². The molecule has 0 bridgehead atoms. The number of carbonyl (C=O) groups is 2. The summed E-state index contributed by atoms with van der Waals surface area (Å²) in [5.74, 6) is -0.184. The molecule has 0 heterocycles. The summed E-state index contributed by atoms with van der Waals surface area (Å²) in [5.41, 5.74) is 0.612. The molecule has 190 valence electrons. The van der Waals surface area contributed by atoms with Gasteiger partial charge in [0.05, 0.1) is 12.2 Å². The zero-order valence-corrected chi connectivity index (χ0v) is 22.6. The van der Waals surface area contributed by atoms with Crippen molar-refractivity contribution in [1.29, 1.82) is 0 Å². The lowest BCUT2D eigenvalue weighted by molar-refractivity contribution is -0.143. The van der Waals surface area contributed by atoms with Crippen LogP contribution in [-0.2, 0) is 14.3 Å². The van der Waals surface area contributed by atoms with E-state index in [0.717, 1.165) is 11.7 Å². The lowest BCUT2D eigenvalue weighted by Crippen LogP contribution is -2.33. The molecule has 0 fully saturated rings. The molecule has 5 heteroatoms. The highest BCUT2D eigenvalue weighted by Gasteiger charge is 2.28. The van der Waals surface area contributed by atoms with Gasteiger partial charge in [-0.05, 0) is 61.5 Å². The summed E-state index contributed by atoms with van der Waals surface area (Å²) in [6, 6.07) is 28.5. The molecule has 0 radical (unpaired) electrons. The highest BCUT2D eigenvalue weighted by atomic mass is 31.1. The van der Waals surface area contributed by atoms with E-state index in [9.17, 15) is 9.59 Å². The summed E-state index contributed by atoms with van der Waals surface area (Å²) >= 11 is 0. The van der Waals surface area contributed by atoms with Gasteiger partial charge in [-0.25, -0.2) is 4.79 Å². The first-order valence-electron chi connectivity index (χ1n) is 12.8. The maximum Gasteiger partial charge on any atom is 0.339 e. The molecule has 4 nitrogen and oxygen atoms in total. The number of hydrogen-bond donors (Lipinski definition) is 0. The summed E-state index contributed by atoms with van der Waals surface area (Å²) in [4.78, 5) is 25.4. The minimum Gasteiger partial charge on any atom is -0.466 e. The molecule has 36 heavy (non-hydrogen) atoms. The van der Waals surface area contributed by atoms with E-state index in [1.165, 1.54) is 10.6 Å². The number of esters is 2. The first-order valence-corrected chi connectivity index (χ1v) is 14.1. The van der Waals surface area contributed by atoms with E-state index >= 15 is 0 Å². The van der Waals surface area contributed by atoms with Gasteiger partial charge in [0.15, 0.2) is 0 Å². The molecule has 3 aromatic carbocycles. The quantitative estimate of drug-likeness (QED) is 0.224. The van der Waals surface area contributed by atoms with Crippen LogP contribution in [0.1, 0.15) is 57.3 Å². The zero-order chi connectivity index (χ0) is 25.9. The molecule has 0 aromatic heterocycles. The van der Waals surface area contributed by atoms with Crippen LogP contribution in [0.3, 0.4) is 0 Å². The third-order valence-electron chi connectivity index (χ3n) is 6.20. The van der Waals surface area contributed by atoms with Gasteiger partial charge in [-0.1, -0.05) is 99.6 Å². The van der Waals surface area contributed by atoms with Crippen LogP contribution >= 0.6 is 7.92 Å². The SMILES string of the molecule is CCOC(=O)CCCC(C)C(OC(=O)c1ccccc1P(c1ccccc1)c1ccccc1)C(C)C. The van der Waals surface area contributed by atoms with Crippen molar-refractivity contribution >= 4 is 35.8 Å². The van der Waals surface area contributed by atoms with Crippen LogP contribution in [0.4, 0.5) is 0 Å². The fourth-order valence-electron chi connectivity index (χ4n) is 4.48. The standard InChI is InChI=1S/C31H37O4P/c1-5-34-29(32)22-14-15-24(4)30(23(2)3)35-31(33)27-20-12-13-21-28(27)36(25-16-8-6-9-17-25)26-18-10-7-11-19-26/h6-13,16-21,23-24,30H,5,14-15,22H2,1-4H3. The molecule has 3 rings (SSSR count). The Balaban J connectivity index is 1.85. The first-order chi connectivity index (χ1) is 17.4. The maximum atomic E-state index is 13.6. The minimum atomic E-state index is -0.928. The Hall–Kier alpha value is -2.97. The highest BCUT2D eigenvalue weighted by molar-refractivity contribution is 7.80. The van der Waals surface area contributed by atoms with E-state index < -0.39 is 7.92 Å². The maximum absolute atomic E-state index is 13.6. The summed E-state index contributed by atoms with van der Waals surface area (Å²) in [6.45, 7) is 8.46. The van der Waals surface area contributed by atoms with E-state index in [1.54, 1.807) is 0 Å². The predicted molar refractivity (Wildman–Crippen MR) is 149 cm³/mol. The fraction of sp³-hybridized carbons (Fsp3) is 0.355. The average molecular weight is 505 g/mol.